The molecule has 1 rings (SSSR count). The van der Waals surface area contributed by atoms with Gasteiger partial charge in [0, 0.05) is 10.6 Å². The van der Waals surface area contributed by atoms with Crippen molar-refractivity contribution in [3.05, 3.63) is 29.3 Å². The zero-order chi connectivity index (χ0) is 11.3. The van der Waals surface area contributed by atoms with Crippen molar-refractivity contribution in [3.63, 3.8) is 0 Å². The Labute approximate surface area is 93.4 Å². The van der Waals surface area contributed by atoms with Gasteiger partial charge in [-0.05, 0) is 18.6 Å². The molecule has 4 heteroatoms. The van der Waals surface area contributed by atoms with Gasteiger partial charge in [0.15, 0.2) is 0 Å². The van der Waals surface area contributed by atoms with E-state index in [1.165, 1.54) is 11.8 Å². The summed E-state index contributed by atoms with van der Waals surface area (Å²) in [7, 11) is 0. The van der Waals surface area contributed by atoms with Gasteiger partial charge in [0.05, 0.1) is 18.3 Å². The van der Waals surface area contributed by atoms with E-state index in [0.717, 1.165) is 10.5 Å². The first-order valence-corrected chi connectivity index (χ1v) is 5.59. The maximum absolute atomic E-state index is 9.22. The summed E-state index contributed by atoms with van der Waals surface area (Å²) in [5, 5.41) is 26.8. The average molecular weight is 223 g/mol. The van der Waals surface area contributed by atoms with Crippen LogP contribution in [0, 0.1) is 18.3 Å². The molecular formula is C11H13NO2S. The molecule has 3 nitrogen and oxygen atoms in total. The molecule has 0 aliphatic heterocycles. The van der Waals surface area contributed by atoms with Crippen LogP contribution in [-0.4, -0.2) is 28.7 Å². The molecule has 0 aliphatic carbocycles. The van der Waals surface area contributed by atoms with E-state index >= 15 is 0 Å². The molecule has 80 valence electrons. The molecule has 1 aromatic carbocycles. The summed E-state index contributed by atoms with van der Waals surface area (Å²) >= 11 is 1.40. The molecule has 2 N–H and O–H groups in total. The first-order chi connectivity index (χ1) is 7.19. The molecule has 0 bridgehead atoms. The molecule has 0 heterocycles. The molecule has 1 unspecified atom stereocenters. The van der Waals surface area contributed by atoms with Gasteiger partial charge in [-0.15, -0.1) is 11.8 Å². The summed E-state index contributed by atoms with van der Waals surface area (Å²) in [6, 6.07) is 7.62. The Bertz CT molecular complexity index is 373. The van der Waals surface area contributed by atoms with E-state index in [9.17, 15) is 5.11 Å². The van der Waals surface area contributed by atoms with Crippen molar-refractivity contribution in [2.75, 3.05) is 12.4 Å². The van der Waals surface area contributed by atoms with E-state index in [0.29, 0.717) is 11.3 Å². The van der Waals surface area contributed by atoms with Crippen LogP contribution in [0.1, 0.15) is 11.1 Å². The zero-order valence-electron chi connectivity index (χ0n) is 8.47. The fourth-order valence-electron chi connectivity index (χ4n) is 1.16. The fraction of sp³-hybridized carbons (Fsp3) is 0.364. The third-order valence-corrected chi connectivity index (χ3v) is 3.35. The number of rotatable bonds is 4. The molecule has 0 amide bonds. The molecule has 0 aliphatic rings. The normalized spacial score (nSPS) is 12.1. The van der Waals surface area contributed by atoms with Gasteiger partial charge in [-0.3, -0.25) is 0 Å². The van der Waals surface area contributed by atoms with Crippen LogP contribution in [-0.2, 0) is 0 Å². The minimum atomic E-state index is -0.735. The lowest BCUT2D eigenvalue weighted by Gasteiger charge is -2.09. The highest BCUT2D eigenvalue weighted by Crippen LogP contribution is 2.26. The van der Waals surface area contributed by atoms with E-state index < -0.39 is 6.10 Å². The average Bonchev–Trinajstić information content (AvgIpc) is 2.26. The van der Waals surface area contributed by atoms with E-state index in [1.54, 1.807) is 6.07 Å². The Morgan fingerprint density at radius 3 is 2.87 bits per heavy atom. The van der Waals surface area contributed by atoms with Crippen molar-refractivity contribution in [2.24, 2.45) is 0 Å². The highest BCUT2D eigenvalue weighted by atomic mass is 32.2. The number of aliphatic hydroxyl groups is 2. The van der Waals surface area contributed by atoms with Gasteiger partial charge in [-0.2, -0.15) is 5.26 Å². The number of benzene rings is 1. The molecule has 1 aromatic rings. The number of aryl methyl sites for hydroxylation is 1. The van der Waals surface area contributed by atoms with Crippen LogP contribution in [0.3, 0.4) is 0 Å². The molecule has 0 radical (unpaired) electrons. The Hall–Kier alpha value is -1.02. The monoisotopic (exact) mass is 223 g/mol. The SMILES string of the molecule is Cc1cccc(C#N)c1SCC(O)CO. The van der Waals surface area contributed by atoms with Gasteiger partial charge >= 0.3 is 0 Å². The van der Waals surface area contributed by atoms with Gasteiger partial charge in [-0.1, -0.05) is 12.1 Å². The van der Waals surface area contributed by atoms with Crippen molar-refractivity contribution in [2.45, 2.75) is 17.9 Å². The number of nitrogens with zero attached hydrogens (tertiary/aromatic N) is 1. The third-order valence-electron chi connectivity index (χ3n) is 1.96. The van der Waals surface area contributed by atoms with Gasteiger partial charge in [0.2, 0.25) is 0 Å². The van der Waals surface area contributed by atoms with Crippen LogP contribution < -0.4 is 0 Å². The second-order valence-electron chi connectivity index (χ2n) is 3.21. The van der Waals surface area contributed by atoms with Crippen LogP contribution in [0.5, 0.6) is 0 Å². The molecule has 0 fully saturated rings. The number of aliphatic hydroxyl groups excluding tert-OH is 2. The minimum absolute atomic E-state index is 0.249. The van der Waals surface area contributed by atoms with Crippen LogP contribution in [0.25, 0.3) is 0 Å². The van der Waals surface area contributed by atoms with Crippen molar-refractivity contribution in [3.8, 4) is 6.07 Å². The zero-order valence-corrected chi connectivity index (χ0v) is 9.29. The third kappa shape index (κ3) is 3.24. The highest BCUT2D eigenvalue weighted by molar-refractivity contribution is 7.99. The maximum atomic E-state index is 9.22. The minimum Gasteiger partial charge on any atom is -0.394 e. The smallest absolute Gasteiger partial charge is 0.100 e. The molecule has 0 aromatic heterocycles. The summed E-state index contributed by atoms with van der Waals surface area (Å²) in [4.78, 5) is 0.882. The van der Waals surface area contributed by atoms with Crippen LogP contribution in [0.15, 0.2) is 23.1 Å². The first-order valence-electron chi connectivity index (χ1n) is 4.60. The van der Waals surface area contributed by atoms with Gasteiger partial charge in [-0.25, -0.2) is 0 Å². The second-order valence-corrected chi connectivity index (χ2v) is 4.24. The molecule has 15 heavy (non-hydrogen) atoms. The van der Waals surface area contributed by atoms with Gasteiger partial charge in [0.25, 0.3) is 0 Å². The Morgan fingerprint density at radius 2 is 2.27 bits per heavy atom. The van der Waals surface area contributed by atoms with Gasteiger partial charge in [0.1, 0.15) is 6.07 Å². The predicted molar refractivity (Wildman–Crippen MR) is 59.7 cm³/mol. The Balaban J connectivity index is 2.80. The van der Waals surface area contributed by atoms with Crippen LogP contribution >= 0.6 is 11.8 Å². The number of thioether (sulfide) groups is 1. The van der Waals surface area contributed by atoms with Gasteiger partial charge < -0.3 is 10.2 Å². The summed E-state index contributed by atoms with van der Waals surface area (Å²) in [6.07, 6.45) is -0.735. The first kappa shape index (κ1) is 12.1. The standard InChI is InChI=1S/C11H13NO2S/c1-8-3-2-4-9(5-12)11(8)15-7-10(14)6-13/h2-4,10,13-14H,6-7H2,1H3. The fourth-order valence-corrected chi connectivity index (χ4v) is 2.19. The van der Waals surface area contributed by atoms with Crippen molar-refractivity contribution in [1.29, 1.82) is 5.26 Å². The van der Waals surface area contributed by atoms with Crippen LogP contribution in [0.4, 0.5) is 0 Å². The highest BCUT2D eigenvalue weighted by Gasteiger charge is 2.08. The molecular weight excluding hydrogens is 210 g/mol. The van der Waals surface area contributed by atoms with E-state index in [2.05, 4.69) is 6.07 Å². The summed E-state index contributed by atoms with van der Waals surface area (Å²) in [5.41, 5.74) is 1.63. The van der Waals surface area contributed by atoms with Crippen LogP contribution in [0.2, 0.25) is 0 Å². The molecule has 1 atom stereocenters. The quantitative estimate of drug-likeness (QED) is 0.755. The maximum Gasteiger partial charge on any atom is 0.100 e. The summed E-state index contributed by atoms with van der Waals surface area (Å²) < 4.78 is 0. The Kier molecular flexibility index (Phi) is 4.63. The van der Waals surface area contributed by atoms with E-state index in [-0.39, 0.29) is 6.61 Å². The second kappa shape index (κ2) is 5.76. The van der Waals surface area contributed by atoms with E-state index in [1.807, 2.05) is 19.1 Å². The number of hydrogen-bond acceptors (Lipinski definition) is 4. The van der Waals surface area contributed by atoms with Crippen molar-refractivity contribution >= 4 is 11.8 Å². The topological polar surface area (TPSA) is 64.2 Å². The lowest BCUT2D eigenvalue weighted by Crippen LogP contribution is -2.14. The lowest BCUT2D eigenvalue weighted by atomic mass is 10.1. The van der Waals surface area contributed by atoms with E-state index in [4.69, 9.17) is 10.4 Å². The lowest BCUT2D eigenvalue weighted by molar-refractivity contribution is 0.113. The van der Waals surface area contributed by atoms with Crippen molar-refractivity contribution < 1.29 is 10.2 Å². The largest absolute Gasteiger partial charge is 0.394 e. The predicted octanol–water partition coefficient (Wildman–Crippen LogP) is 1.31. The number of hydrogen-bond donors (Lipinski definition) is 2. The summed E-state index contributed by atoms with van der Waals surface area (Å²) in [6.45, 7) is 1.68. The van der Waals surface area contributed by atoms with Crippen molar-refractivity contribution in [1.82, 2.24) is 0 Å². The molecule has 0 saturated heterocycles. The number of nitriles is 1. The molecule has 0 spiro atoms. The molecule has 0 saturated carbocycles. The Morgan fingerprint density at radius 1 is 1.53 bits per heavy atom. The summed E-state index contributed by atoms with van der Waals surface area (Å²) in [5.74, 6) is 0.399.